The van der Waals surface area contributed by atoms with E-state index in [0.717, 1.165) is 19.5 Å². The minimum Gasteiger partial charge on any atom is -0.507 e. The Hall–Kier alpha value is -5.16. The summed E-state index contributed by atoms with van der Waals surface area (Å²) in [6.45, 7) is 15.3. The number of rotatable bonds is 4. The van der Waals surface area contributed by atoms with Crippen molar-refractivity contribution in [3.05, 3.63) is 52.8 Å². The zero-order valence-corrected chi connectivity index (χ0v) is 36.1. The van der Waals surface area contributed by atoms with Gasteiger partial charge in [-0.2, -0.15) is 5.10 Å². The number of likely N-dealkylation sites (N-methyl/N-ethyl adjacent to an activating group) is 1. The van der Waals surface area contributed by atoms with Crippen molar-refractivity contribution in [2.24, 2.45) is 28.8 Å². The number of nitrogens with zero attached hydrogens (tertiary/aromatic N) is 3. The number of phenolic OH excluding ortho intramolecular Hbond substituents is 3. The van der Waals surface area contributed by atoms with Crippen LogP contribution < -0.4 is 10.1 Å². The van der Waals surface area contributed by atoms with Crippen molar-refractivity contribution < 1.29 is 58.9 Å². The fourth-order valence-corrected chi connectivity index (χ4v) is 8.16. The number of hydrogen-bond acceptors (Lipinski definition) is 15. The molecule has 5 bridgehead atoms. The lowest BCUT2D eigenvalue weighted by atomic mass is 9.78. The molecule has 1 saturated heterocycles. The quantitative estimate of drug-likeness (QED) is 0.106. The number of nitrogens with one attached hydrogen (secondary N) is 1. The molecule has 0 radical (unpaired) electrons. The fourth-order valence-electron chi connectivity index (χ4n) is 8.16. The third kappa shape index (κ3) is 9.11. The Bertz CT molecular complexity index is 2100. The maximum atomic E-state index is 14.5. The minimum absolute atomic E-state index is 0.0571. The molecule has 0 aromatic heterocycles. The molecule has 6 N–H and O–H groups in total. The first kappa shape index (κ1) is 45.9. The van der Waals surface area contributed by atoms with Crippen LogP contribution in [-0.4, -0.2) is 130 Å². The summed E-state index contributed by atoms with van der Waals surface area (Å²) < 4.78 is 23.6. The molecule has 16 nitrogen and oxygen atoms in total. The summed E-state index contributed by atoms with van der Waals surface area (Å²) in [6.07, 6.45) is 5.70. The maximum Gasteiger partial charge on any atom is 0.312 e. The molecule has 1 amide bonds. The molecule has 6 rings (SSSR count). The van der Waals surface area contributed by atoms with Crippen molar-refractivity contribution in [2.45, 2.75) is 92.0 Å². The van der Waals surface area contributed by atoms with Gasteiger partial charge < -0.3 is 54.7 Å². The highest BCUT2D eigenvalue weighted by atomic mass is 16.7. The van der Waals surface area contributed by atoms with Crippen molar-refractivity contribution in [2.75, 3.05) is 45.7 Å². The molecule has 0 unspecified atom stereocenters. The standard InChI is InChI=1S/C44H60N4O12/c1-22-13-11-14-23(2)43(56)46-34-29(21-45-48-17-12-16-47(9)18-19-48)38(53)31-32(39(34)54)37(52)27(6)41-33(31)42(55)44(8,60-41)58-20-15-30(57-10)24(3)40(59-28(7)49)26(5)36(51)25(4)35(22)50/h11,13-15,20-22,24-26,30,35-36,40,50-54H,12,16-19H2,1-10H3,(H,46,56)/b13-11+,20-15+,23-14-,45-21+/t22-,24+,25+,26+,30-,35-,36+,40+,44-/m0/s1. The van der Waals surface area contributed by atoms with Gasteiger partial charge in [0, 0.05) is 80.8 Å². The predicted molar refractivity (Wildman–Crippen MR) is 225 cm³/mol. The molecule has 4 aliphatic rings. The summed E-state index contributed by atoms with van der Waals surface area (Å²) in [5.74, 6) is -8.34. The first-order valence-electron chi connectivity index (χ1n) is 20.3. The Morgan fingerprint density at radius 3 is 2.32 bits per heavy atom. The number of carbonyl (C=O) groups is 3. The van der Waals surface area contributed by atoms with Crippen LogP contribution in [0.3, 0.4) is 0 Å². The zero-order valence-electron chi connectivity index (χ0n) is 36.1. The van der Waals surface area contributed by atoms with E-state index in [2.05, 4.69) is 15.3 Å². The van der Waals surface area contributed by atoms with Gasteiger partial charge in [0.15, 0.2) is 5.75 Å². The highest BCUT2D eigenvalue weighted by Crippen LogP contribution is 2.55. The second-order valence-corrected chi connectivity index (χ2v) is 16.5. The predicted octanol–water partition coefficient (Wildman–Crippen LogP) is 4.73. The Morgan fingerprint density at radius 1 is 0.950 bits per heavy atom. The number of carbonyl (C=O) groups excluding carboxylic acids is 3. The normalized spacial score (nSPS) is 31.9. The summed E-state index contributed by atoms with van der Waals surface area (Å²) in [5.41, 5.74) is -0.340. The lowest BCUT2D eigenvalue weighted by Gasteiger charge is -2.38. The molecule has 0 aliphatic carbocycles. The van der Waals surface area contributed by atoms with E-state index in [1.807, 2.05) is 7.05 Å². The summed E-state index contributed by atoms with van der Waals surface area (Å²) in [5, 5.41) is 67.1. The van der Waals surface area contributed by atoms with Crippen LogP contribution in [0.4, 0.5) is 5.69 Å². The number of fused-ring (bicyclic) bond motifs is 14. The van der Waals surface area contributed by atoms with Crippen molar-refractivity contribution in [1.82, 2.24) is 9.91 Å². The van der Waals surface area contributed by atoms with E-state index in [9.17, 15) is 39.9 Å². The molecular weight excluding hydrogens is 776 g/mol. The van der Waals surface area contributed by atoms with E-state index < -0.39 is 88.8 Å². The van der Waals surface area contributed by atoms with Crippen molar-refractivity contribution in [3.63, 3.8) is 0 Å². The summed E-state index contributed by atoms with van der Waals surface area (Å²) in [7, 11) is 3.44. The molecule has 1 fully saturated rings. The highest BCUT2D eigenvalue weighted by molar-refractivity contribution is 6.23. The van der Waals surface area contributed by atoms with Gasteiger partial charge in [-0.15, -0.1) is 0 Å². The maximum absolute atomic E-state index is 14.5. The van der Waals surface area contributed by atoms with E-state index in [1.54, 1.807) is 44.9 Å². The van der Waals surface area contributed by atoms with E-state index in [0.29, 0.717) is 13.1 Å². The smallest absolute Gasteiger partial charge is 0.312 e. The van der Waals surface area contributed by atoms with Crippen LogP contribution in [-0.2, 0) is 23.8 Å². The van der Waals surface area contributed by atoms with Gasteiger partial charge >= 0.3 is 11.8 Å². The molecule has 2 aromatic rings. The molecule has 16 heteroatoms. The van der Waals surface area contributed by atoms with Crippen LogP contribution in [0.25, 0.3) is 10.8 Å². The van der Waals surface area contributed by atoms with Crippen LogP contribution >= 0.6 is 0 Å². The number of hydrazone groups is 1. The van der Waals surface area contributed by atoms with Gasteiger partial charge in [-0.1, -0.05) is 45.9 Å². The Morgan fingerprint density at radius 2 is 1.65 bits per heavy atom. The Labute approximate surface area is 350 Å². The highest BCUT2D eigenvalue weighted by Gasteiger charge is 2.50. The second-order valence-electron chi connectivity index (χ2n) is 16.5. The molecule has 4 heterocycles. The van der Waals surface area contributed by atoms with Crippen molar-refractivity contribution >= 4 is 40.3 Å². The van der Waals surface area contributed by atoms with Crippen LogP contribution in [0.1, 0.15) is 76.4 Å². The SMILES string of the molecule is CO[C@H]1/C=C/O[C@@]2(C)Oc3c(C)c(O)c4c(O)c(c(/C=N/N5CCCN(C)CC5)c(O)c4c3C2=O)NC(=O)/C(C)=C\C=C\[C@H](C)[C@H](O)[C@@H](C)[C@@H](O)[C@@H](C)[C@H](OC(C)=O)[C@@H]1C. The Balaban J connectivity index is 1.71. The van der Waals surface area contributed by atoms with Crippen molar-refractivity contribution in [1.29, 1.82) is 0 Å². The topological polar surface area (TPSA) is 220 Å². The number of ether oxygens (including phenoxy) is 4. The van der Waals surface area contributed by atoms with Gasteiger partial charge in [0.2, 0.25) is 0 Å². The van der Waals surface area contributed by atoms with Crippen molar-refractivity contribution in [3.8, 4) is 23.0 Å². The number of methoxy groups -OCH3 is 1. The Kier molecular flexibility index (Phi) is 14.3. The summed E-state index contributed by atoms with van der Waals surface area (Å²) in [4.78, 5) is 42.8. The van der Waals surface area contributed by atoms with Gasteiger partial charge in [-0.3, -0.25) is 19.4 Å². The number of ketones is 1. The van der Waals surface area contributed by atoms with Gasteiger partial charge in [0.05, 0.1) is 53.0 Å². The molecule has 9 atom stereocenters. The fraction of sp³-hybridized carbons (Fsp3) is 0.545. The average molecular weight is 837 g/mol. The average Bonchev–Trinajstić information content (AvgIpc) is 3.31. The third-order valence-electron chi connectivity index (χ3n) is 12.1. The largest absolute Gasteiger partial charge is 0.507 e. The summed E-state index contributed by atoms with van der Waals surface area (Å²) >= 11 is 0. The molecule has 4 aliphatic heterocycles. The molecule has 328 valence electrons. The minimum atomic E-state index is -2.04. The first-order chi connectivity index (χ1) is 28.2. The monoisotopic (exact) mass is 836 g/mol. The van der Waals surface area contributed by atoms with E-state index in [4.69, 9.17) is 18.9 Å². The van der Waals surface area contributed by atoms with Gasteiger partial charge in [0.25, 0.3) is 11.7 Å². The van der Waals surface area contributed by atoms with Gasteiger partial charge in [-0.25, -0.2) is 0 Å². The number of Topliss-reactive ketones (excluding diaryl/α,β-unsaturated/α-hetero) is 1. The van der Waals surface area contributed by atoms with E-state index in [1.165, 1.54) is 59.4 Å². The number of esters is 1. The number of aliphatic hydroxyl groups is 2. The van der Waals surface area contributed by atoms with Gasteiger partial charge in [0.1, 0.15) is 23.4 Å². The van der Waals surface area contributed by atoms with E-state index >= 15 is 0 Å². The number of benzene rings is 2. The lowest BCUT2D eigenvalue weighted by molar-refractivity contribution is -0.160. The van der Waals surface area contributed by atoms with Crippen LogP contribution in [0.5, 0.6) is 23.0 Å². The van der Waals surface area contributed by atoms with Crippen LogP contribution in [0.2, 0.25) is 0 Å². The molecule has 0 saturated carbocycles. The van der Waals surface area contributed by atoms with Gasteiger partial charge in [-0.05, 0) is 39.9 Å². The van der Waals surface area contributed by atoms with E-state index in [-0.39, 0.29) is 44.5 Å². The second kappa shape index (κ2) is 18.6. The lowest BCUT2D eigenvalue weighted by Crippen LogP contribution is -2.46. The molecule has 0 spiro atoms. The third-order valence-corrected chi connectivity index (χ3v) is 12.1. The molecule has 2 aromatic carbocycles. The number of anilines is 1. The number of allylic oxidation sites excluding steroid dienone is 2. The summed E-state index contributed by atoms with van der Waals surface area (Å²) in [6, 6.07) is 0. The number of phenols is 3. The molecular formula is C44H60N4O12. The molecule has 60 heavy (non-hydrogen) atoms. The van der Waals surface area contributed by atoms with Crippen LogP contribution in [0.15, 0.2) is 41.2 Å². The number of aliphatic hydroxyl groups excluding tert-OH is 2. The number of amides is 1. The number of hydrogen-bond donors (Lipinski definition) is 6. The first-order valence-corrected chi connectivity index (χ1v) is 20.3. The number of aromatic hydroxyl groups is 3. The zero-order chi connectivity index (χ0) is 44.4. The van der Waals surface area contributed by atoms with Crippen LogP contribution in [0, 0.1) is 30.6 Å².